The molecule has 2 aromatic rings. The molecule has 0 spiro atoms. The predicted molar refractivity (Wildman–Crippen MR) is 135 cm³/mol. The molecule has 0 aliphatic heterocycles. The summed E-state index contributed by atoms with van der Waals surface area (Å²) < 4.78 is 0. The molecule has 0 radical (unpaired) electrons. The molecule has 0 bridgehead atoms. The van der Waals surface area contributed by atoms with Crippen LogP contribution < -0.4 is 0 Å². The van der Waals surface area contributed by atoms with Gasteiger partial charge >= 0.3 is 16.5 Å². The average Bonchev–Trinajstić information content (AvgIpc) is 2.70. The number of hydrogen-bond donors (Lipinski definition) is 0. The maximum Gasteiger partial charge on any atom is 2.00 e. The van der Waals surface area contributed by atoms with Crippen LogP contribution in [0, 0.1) is 0 Å². The van der Waals surface area contributed by atoms with Gasteiger partial charge in [0.15, 0.2) is 0 Å². The summed E-state index contributed by atoms with van der Waals surface area (Å²) in [6.45, 7) is 20.1. The monoisotopic (exact) mass is 462 g/mol. The molecule has 170 valence electrons. The summed E-state index contributed by atoms with van der Waals surface area (Å²) in [6, 6.07) is 13.2. The van der Waals surface area contributed by atoms with E-state index >= 15 is 0 Å². The molecule has 0 aliphatic rings. The fourth-order valence-corrected chi connectivity index (χ4v) is 3.78. The minimum atomic E-state index is 0. The normalized spacial score (nSPS) is 12.5. The van der Waals surface area contributed by atoms with Gasteiger partial charge in [-0.1, -0.05) is 98.7 Å². The number of rotatable bonds is 8. The summed E-state index contributed by atoms with van der Waals surface area (Å²) in [7, 11) is 0. The van der Waals surface area contributed by atoms with Crippen molar-refractivity contribution >= 4 is 23.3 Å². The third kappa shape index (κ3) is 6.88. The Morgan fingerprint density at radius 1 is 0.677 bits per heavy atom. The van der Waals surface area contributed by atoms with Gasteiger partial charge in [-0.05, 0) is 52.3 Å². The van der Waals surface area contributed by atoms with E-state index in [9.17, 15) is 0 Å². The Bertz CT molecular complexity index is 853. The molecule has 0 saturated heterocycles. The first kappa shape index (κ1) is 27.3. The van der Waals surface area contributed by atoms with E-state index in [2.05, 4.69) is 98.7 Å². The summed E-state index contributed by atoms with van der Waals surface area (Å²) in [5, 5.41) is 0. The maximum atomic E-state index is 5.15. The summed E-state index contributed by atoms with van der Waals surface area (Å²) in [5.74, 6) is 1.75. The molecule has 0 aliphatic carbocycles. The second-order valence-electron chi connectivity index (χ2n) is 9.40. The quantitative estimate of drug-likeness (QED) is 0.276. The van der Waals surface area contributed by atoms with Crippen LogP contribution in [0.25, 0.3) is 0 Å². The maximum absolute atomic E-state index is 5.15. The topological polar surface area (TPSA) is 24.7 Å². The van der Waals surface area contributed by atoms with E-state index in [0.29, 0.717) is 23.7 Å². The van der Waals surface area contributed by atoms with E-state index in [1.54, 1.807) is 0 Å². The Labute approximate surface area is 200 Å². The molecular formula is C28H40N2Ni+2. The Morgan fingerprint density at radius 2 is 1.03 bits per heavy atom. The summed E-state index contributed by atoms with van der Waals surface area (Å²) in [4.78, 5) is 10.2. The number of hydrogen-bond acceptors (Lipinski definition) is 2. The van der Waals surface area contributed by atoms with Gasteiger partial charge in [-0.25, -0.2) is 0 Å². The van der Waals surface area contributed by atoms with E-state index in [1.165, 1.54) is 22.3 Å². The van der Waals surface area contributed by atoms with Crippen molar-refractivity contribution in [1.29, 1.82) is 0 Å². The molecule has 0 N–H and O–H groups in total. The first-order valence-electron chi connectivity index (χ1n) is 11.5. The molecule has 3 heteroatoms. The van der Waals surface area contributed by atoms with Crippen LogP contribution in [-0.2, 0) is 16.5 Å². The van der Waals surface area contributed by atoms with Gasteiger partial charge in [-0.3, -0.25) is 9.98 Å². The molecule has 0 unspecified atom stereocenters. The smallest absolute Gasteiger partial charge is 0.254 e. The molecule has 0 heterocycles. The molecule has 2 rings (SSSR count). The molecular weight excluding hydrogens is 423 g/mol. The van der Waals surface area contributed by atoms with E-state index in [1.807, 2.05) is 6.21 Å². The fraction of sp³-hybridized carbons (Fsp3) is 0.500. The zero-order chi connectivity index (χ0) is 22.4. The summed E-state index contributed by atoms with van der Waals surface area (Å²) in [5.41, 5.74) is 8.50. The van der Waals surface area contributed by atoms with Gasteiger partial charge in [0.2, 0.25) is 0 Å². The number of aliphatic imine (C=N–C) groups is 2. The Balaban J connectivity index is 0.00000480. The van der Waals surface area contributed by atoms with Crippen LogP contribution in [0.5, 0.6) is 0 Å². The SMILES string of the molecule is CCC(C=Nc1c(C(C)C)cccc1C(C)C)=Nc1c(C(C)C)cccc1C(C)C.[Ni+2]. The van der Waals surface area contributed by atoms with Gasteiger partial charge in [-0.15, -0.1) is 0 Å². The van der Waals surface area contributed by atoms with Crippen molar-refractivity contribution < 1.29 is 16.5 Å². The van der Waals surface area contributed by atoms with Gasteiger partial charge in [-0.2, -0.15) is 0 Å². The Kier molecular flexibility index (Phi) is 10.9. The van der Waals surface area contributed by atoms with E-state index < -0.39 is 0 Å². The largest absolute Gasteiger partial charge is 2.00 e. The standard InChI is InChI=1S/C28H40N2.Ni/c1-10-22(30-28-25(20(6)7)15-12-16-26(28)21(8)9)17-29-27-23(18(2)3)13-11-14-24(27)19(4)5;/h11-21H,10H2,1-9H3;/q;+2. The molecule has 0 fully saturated rings. The molecule has 0 atom stereocenters. The van der Waals surface area contributed by atoms with Crippen molar-refractivity contribution in [2.45, 2.75) is 92.4 Å². The minimum Gasteiger partial charge on any atom is -0.254 e. The van der Waals surface area contributed by atoms with Crippen LogP contribution in [0.4, 0.5) is 11.4 Å². The fourth-order valence-electron chi connectivity index (χ4n) is 3.78. The molecule has 0 aromatic heterocycles. The van der Waals surface area contributed by atoms with Crippen molar-refractivity contribution in [3.63, 3.8) is 0 Å². The van der Waals surface area contributed by atoms with Gasteiger partial charge in [0.25, 0.3) is 0 Å². The molecule has 0 amide bonds. The Hall–Kier alpha value is -1.73. The number of nitrogens with zero attached hydrogens (tertiary/aromatic N) is 2. The van der Waals surface area contributed by atoms with Crippen LogP contribution in [0.15, 0.2) is 46.4 Å². The third-order valence-electron chi connectivity index (χ3n) is 5.65. The number of benzene rings is 2. The summed E-state index contributed by atoms with van der Waals surface area (Å²) >= 11 is 0. The second kappa shape index (κ2) is 12.3. The zero-order valence-electron chi connectivity index (χ0n) is 20.8. The van der Waals surface area contributed by atoms with Gasteiger partial charge in [0, 0.05) is 6.21 Å². The van der Waals surface area contributed by atoms with Crippen LogP contribution in [0.3, 0.4) is 0 Å². The van der Waals surface area contributed by atoms with Crippen molar-refractivity contribution in [2.75, 3.05) is 0 Å². The van der Waals surface area contributed by atoms with Crippen LogP contribution in [0.1, 0.15) is 115 Å². The summed E-state index contributed by atoms with van der Waals surface area (Å²) in [6.07, 6.45) is 2.85. The average molecular weight is 463 g/mol. The van der Waals surface area contributed by atoms with Crippen molar-refractivity contribution in [3.05, 3.63) is 58.7 Å². The molecule has 31 heavy (non-hydrogen) atoms. The van der Waals surface area contributed by atoms with Gasteiger partial charge in [0.1, 0.15) is 0 Å². The minimum absolute atomic E-state index is 0. The molecule has 0 saturated carbocycles. The third-order valence-corrected chi connectivity index (χ3v) is 5.65. The Morgan fingerprint density at radius 3 is 1.35 bits per heavy atom. The van der Waals surface area contributed by atoms with Crippen LogP contribution in [0.2, 0.25) is 0 Å². The van der Waals surface area contributed by atoms with Crippen molar-refractivity contribution in [3.8, 4) is 0 Å². The molecule has 2 nitrogen and oxygen atoms in total. The first-order chi connectivity index (χ1) is 14.2. The van der Waals surface area contributed by atoms with E-state index in [0.717, 1.165) is 23.5 Å². The van der Waals surface area contributed by atoms with E-state index in [-0.39, 0.29) is 16.5 Å². The van der Waals surface area contributed by atoms with Crippen molar-refractivity contribution in [2.24, 2.45) is 9.98 Å². The second-order valence-corrected chi connectivity index (χ2v) is 9.40. The van der Waals surface area contributed by atoms with Gasteiger partial charge in [0.05, 0.1) is 17.1 Å². The predicted octanol–water partition coefficient (Wildman–Crippen LogP) is 9.06. The van der Waals surface area contributed by atoms with Gasteiger partial charge < -0.3 is 0 Å². The van der Waals surface area contributed by atoms with Crippen molar-refractivity contribution in [1.82, 2.24) is 0 Å². The zero-order valence-corrected chi connectivity index (χ0v) is 21.8. The van der Waals surface area contributed by atoms with E-state index in [4.69, 9.17) is 9.98 Å². The molecule has 2 aromatic carbocycles. The number of para-hydroxylation sites is 2. The first-order valence-corrected chi connectivity index (χ1v) is 11.5. The van der Waals surface area contributed by atoms with Crippen LogP contribution in [-0.4, -0.2) is 11.9 Å². The van der Waals surface area contributed by atoms with Crippen LogP contribution >= 0.6 is 0 Å².